The SMILES string of the molecule is COC(=O)/C=C(/N=C/C=C/c1ccccc1)C(=O)OC. The summed E-state index contributed by atoms with van der Waals surface area (Å²) in [6.45, 7) is 0. The van der Waals surface area contributed by atoms with Crippen molar-refractivity contribution in [3.63, 3.8) is 0 Å². The van der Waals surface area contributed by atoms with Gasteiger partial charge in [-0.15, -0.1) is 0 Å². The maximum atomic E-state index is 11.4. The van der Waals surface area contributed by atoms with E-state index in [0.29, 0.717) is 0 Å². The summed E-state index contributed by atoms with van der Waals surface area (Å²) in [5.41, 5.74) is 0.868. The Labute approximate surface area is 117 Å². The Morgan fingerprint density at radius 1 is 1.10 bits per heavy atom. The lowest BCUT2D eigenvalue weighted by Crippen LogP contribution is -2.06. The number of carbonyl (C=O) groups is 2. The van der Waals surface area contributed by atoms with Crippen molar-refractivity contribution in [3.05, 3.63) is 53.7 Å². The van der Waals surface area contributed by atoms with Crippen molar-refractivity contribution in [1.29, 1.82) is 0 Å². The summed E-state index contributed by atoms with van der Waals surface area (Å²) in [7, 11) is 2.43. The number of esters is 2. The molecule has 104 valence electrons. The van der Waals surface area contributed by atoms with Crippen LogP contribution in [0.15, 0.2) is 53.2 Å². The van der Waals surface area contributed by atoms with Gasteiger partial charge < -0.3 is 9.47 Å². The van der Waals surface area contributed by atoms with E-state index >= 15 is 0 Å². The van der Waals surface area contributed by atoms with Crippen molar-refractivity contribution in [3.8, 4) is 0 Å². The number of benzene rings is 1. The van der Waals surface area contributed by atoms with E-state index < -0.39 is 11.9 Å². The lowest BCUT2D eigenvalue weighted by Gasteiger charge is -1.98. The smallest absolute Gasteiger partial charge is 0.356 e. The highest BCUT2D eigenvalue weighted by molar-refractivity contribution is 5.97. The van der Waals surface area contributed by atoms with E-state index in [4.69, 9.17) is 0 Å². The number of hydrogen-bond acceptors (Lipinski definition) is 5. The fraction of sp³-hybridized carbons (Fsp3) is 0.133. The summed E-state index contributed by atoms with van der Waals surface area (Å²) in [6.07, 6.45) is 5.84. The van der Waals surface area contributed by atoms with Gasteiger partial charge in [-0.05, 0) is 11.6 Å². The Hall–Kier alpha value is -2.69. The molecule has 0 unspecified atom stereocenters. The summed E-state index contributed by atoms with van der Waals surface area (Å²) < 4.78 is 8.96. The number of methoxy groups -OCH3 is 2. The van der Waals surface area contributed by atoms with Gasteiger partial charge in [0.2, 0.25) is 0 Å². The molecule has 0 aliphatic carbocycles. The molecule has 0 saturated carbocycles. The van der Waals surface area contributed by atoms with Gasteiger partial charge in [0.25, 0.3) is 0 Å². The first-order valence-electron chi connectivity index (χ1n) is 5.81. The number of rotatable bonds is 5. The van der Waals surface area contributed by atoms with Gasteiger partial charge >= 0.3 is 11.9 Å². The lowest BCUT2D eigenvalue weighted by molar-refractivity contribution is -0.138. The zero-order chi connectivity index (χ0) is 14.8. The summed E-state index contributed by atoms with van der Waals surface area (Å²) in [5.74, 6) is -1.38. The maximum Gasteiger partial charge on any atom is 0.356 e. The van der Waals surface area contributed by atoms with E-state index in [2.05, 4.69) is 14.5 Å². The maximum absolute atomic E-state index is 11.4. The van der Waals surface area contributed by atoms with Gasteiger partial charge in [0, 0.05) is 6.21 Å². The molecule has 0 fully saturated rings. The zero-order valence-electron chi connectivity index (χ0n) is 11.3. The Morgan fingerprint density at radius 2 is 1.80 bits per heavy atom. The molecule has 5 nitrogen and oxygen atoms in total. The average Bonchev–Trinajstić information content (AvgIpc) is 2.50. The van der Waals surface area contributed by atoms with Gasteiger partial charge in [0.05, 0.1) is 20.3 Å². The van der Waals surface area contributed by atoms with Crippen LogP contribution in [0.2, 0.25) is 0 Å². The molecule has 1 aromatic rings. The summed E-state index contributed by atoms with van der Waals surface area (Å²) >= 11 is 0. The van der Waals surface area contributed by atoms with Crippen LogP contribution in [0.1, 0.15) is 5.56 Å². The second-order valence-corrected chi connectivity index (χ2v) is 3.59. The molecule has 0 radical (unpaired) electrons. The molecule has 0 saturated heterocycles. The third kappa shape index (κ3) is 5.30. The van der Waals surface area contributed by atoms with Crippen molar-refractivity contribution < 1.29 is 19.1 Å². The molecule has 0 aliphatic heterocycles. The fourth-order valence-corrected chi connectivity index (χ4v) is 1.27. The highest BCUT2D eigenvalue weighted by Crippen LogP contribution is 2.02. The highest BCUT2D eigenvalue weighted by atomic mass is 16.5. The number of hydrogen-bond donors (Lipinski definition) is 0. The van der Waals surface area contributed by atoms with Crippen LogP contribution >= 0.6 is 0 Å². The van der Waals surface area contributed by atoms with Gasteiger partial charge in [0.1, 0.15) is 0 Å². The van der Waals surface area contributed by atoms with Gasteiger partial charge in [0.15, 0.2) is 5.70 Å². The largest absolute Gasteiger partial charge is 0.466 e. The first-order chi connectivity index (χ1) is 9.67. The van der Waals surface area contributed by atoms with E-state index in [-0.39, 0.29) is 5.70 Å². The van der Waals surface area contributed by atoms with Gasteiger partial charge in [-0.1, -0.05) is 36.4 Å². The van der Waals surface area contributed by atoms with Crippen LogP contribution < -0.4 is 0 Å². The Kier molecular flexibility index (Phi) is 6.47. The van der Waals surface area contributed by atoms with Gasteiger partial charge in [-0.2, -0.15) is 0 Å². The molecular weight excluding hydrogens is 258 g/mol. The zero-order valence-corrected chi connectivity index (χ0v) is 11.3. The number of aliphatic imine (C=N–C) groups is 1. The lowest BCUT2D eigenvalue weighted by atomic mass is 10.2. The van der Waals surface area contributed by atoms with Gasteiger partial charge in [-0.25, -0.2) is 14.6 Å². The summed E-state index contributed by atoms with van der Waals surface area (Å²) in [4.78, 5) is 26.4. The first kappa shape index (κ1) is 15.4. The van der Waals surface area contributed by atoms with E-state index in [0.717, 1.165) is 11.6 Å². The minimum Gasteiger partial charge on any atom is -0.466 e. The Morgan fingerprint density at radius 3 is 2.40 bits per heavy atom. The quantitative estimate of drug-likeness (QED) is 0.467. The van der Waals surface area contributed by atoms with Crippen LogP contribution in [0.5, 0.6) is 0 Å². The third-order valence-corrected chi connectivity index (χ3v) is 2.24. The van der Waals surface area contributed by atoms with Crippen LogP contribution in [0.3, 0.4) is 0 Å². The topological polar surface area (TPSA) is 65.0 Å². The molecule has 0 aromatic heterocycles. The minimum absolute atomic E-state index is 0.128. The third-order valence-electron chi connectivity index (χ3n) is 2.24. The van der Waals surface area contributed by atoms with E-state index in [9.17, 15) is 9.59 Å². The molecule has 1 rings (SSSR count). The van der Waals surface area contributed by atoms with Crippen LogP contribution in [-0.4, -0.2) is 32.4 Å². The predicted octanol–water partition coefficient (Wildman–Crippen LogP) is 2.00. The average molecular weight is 273 g/mol. The molecule has 5 heteroatoms. The van der Waals surface area contributed by atoms with Crippen molar-refractivity contribution >= 4 is 24.2 Å². The number of carbonyl (C=O) groups excluding carboxylic acids is 2. The standard InChI is InChI=1S/C15H15NO4/c1-19-14(17)11-13(15(18)20-2)16-10-6-9-12-7-4-3-5-8-12/h3-11H,1-2H3/b9-6+,13-11+,16-10+. The molecule has 0 aliphatic rings. The molecule has 20 heavy (non-hydrogen) atoms. The van der Waals surface area contributed by atoms with Crippen LogP contribution in [-0.2, 0) is 19.1 Å². The molecule has 1 aromatic carbocycles. The second kappa shape index (κ2) is 8.42. The molecule has 0 spiro atoms. The monoisotopic (exact) mass is 273 g/mol. The molecule has 0 heterocycles. The van der Waals surface area contributed by atoms with Crippen LogP contribution in [0.4, 0.5) is 0 Å². The van der Waals surface area contributed by atoms with Crippen molar-refractivity contribution in [2.45, 2.75) is 0 Å². The fourth-order valence-electron chi connectivity index (χ4n) is 1.27. The van der Waals surface area contributed by atoms with Gasteiger partial charge in [-0.3, -0.25) is 0 Å². The van der Waals surface area contributed by atoms with Crippen molar-refractivity contribution in [2.24, 2.45) is 4.99 Å². The minimum atomic E-state index is -0.709. The van der Waals surface area contributed by atoms with Crippen molar-refractivity contribution in [2.75, 3.05) is 14.2 Å². The number of ether oxygens (including phenoxy) is 2. The predicted molar refractivity (Wildman–Crippen MR) is 76.1 cm³/mol. The molecule has 0 bridgehead atoms. The van der Waals surface area contributed by atoms with E-state index in [1.54, 1.807) is 6.08 Å². The number of nitrogens with zero attached hydrogens (tertiary/aromatic N) is 1. The highest BCUT2D eigenvalue weighted by Gasteiger charge is 2.09. The first-order valence-corrected chi connectivity index (χ1v) is 5.81. The summed E-state index contributed by atoms with van der Waals surface area (Å²) in [5, 5.41) is 0. The van der Waals surface area contributed by atoms with Crippen LogP contribution in [0, 0.1) is 0 Å². The molecular formula is C15H15NO4. The Bertz CT molecular complexity index is 544. The van der Waals surface area contributed by atoms with Crippen molar-refractivity contribution in [1.82, 2.24) is 0 Å². The second-order valence-electron chi connectivity index (χ2n) is 3.59. The molecule has 0 atom stereocenters. The van der Waals surface area contributed by atoms with E-state index in [1.807, 2.05) is 36.4 Å². The Balaban J connectivity index is 2.77. The molecule has 0 amide bonds. The summed E-state index contributed by atoms with van der Waals surface area (Å²) in [6, 6.07) is 9.59. The van der Waals surface area contributed by atoms with Crippen LogP contribution in [0.25, 0.3) is 6.08 Å². The number of allylic oxidation sites excluding steroid dienone is 1. The molecule has 0 N–H and O–H groups in total. The van der Waals surface area contributed by atoms with E-state index in [1.165, 1.54) is 20.4 Å². The normalized spacial score (nSPS) is 11.8.